The molecule has 0 saturated carbocycles. The van der Waals surface area contributed by atoms with Gasteiger partial charge in [-0.05, 0) is 81.3 Å². The molecule has 0 fully saturated rings. The number of benzene rings is 2. The molecule has 3 aromatic rings. The number of aromatic nitrogens is 1. The lowest BCUT2D eigenvalue weighted by molar-refractivity contribution is 0.0975. The molecule has 2 amide bonds. The van der Waals surface area contributed by atoms with Crippen molar-refractivity contribution in [3.8, 4) is 0 Å². The number of amides is 2. The predicted octanol–water partition coefficient (Wildman–Crippen LogP) is 5.47. The zero-order valence-electron chi connectivity index (χ0n) is 17.4. The van der Waals surface area contributed by atoms with E-state index in [-0.39, 0.29) is 17.9 Å². The summed E-state index contributed by atoms with van der Waals surface area (Å²) in [5, 5.41) is 3.65. The number of hydrogen-bond donors (Lipinski definition) is 1. The first-order valence-corrected chi connectivity index (χ1v) is 10.7. The summed E-state index contributed by atoms with van der Waals surface area (Å²) in [6, 6.07) is 14.9. The number of rotatable bonds is 3. The Morgan fingerprint density at radius 3 is 2.60 bits per heavy atom. The number of nitrogens with one attached hydrogen (secondary N) is 1. The lowest BCUT2D eigenvalue weighted by atomic mass is 10.1. The molecule has 4 rings (SSSR count). The minimum atomic E-state index is -0.160. The van der Waals surface area contributed by atoms with Gasteiger partial charge in [0.05, 0.1) is 11.3 Å². The SMILES string of the molecule is Cc1ccc(C(=O)Nc2ccc3c(c2)Sc2ncccc2C(=O)N3C(C)C)cc1C. The van der Waals surface area contributed by atoms with Gasteiger partial charge in [-0.3, -0.25) is 9.59 Å². The topological polar surface area (TPSA) is 62.3 Å². The maximum absolute atomic E-state index is 13.2. The fraction of sp³-hybridized carbons (Fsp3) is 0.208. The molecule has 0 unspecified atom stereocenters. The van der Waals surface area contributed by atoms with Gasteiger partial charge in [-0.15, -0.1) is 0 Å². The average molecular weight is 418 g/mol. The van der Waals surface area contributed by atoms with Gasteiger partial charge in [0.15, 0.2) is 0 Å². The van der Waals surface area contributed by atoms with Crippen molar-refractivity contribution < 1.29 is 9.59 Å². The van der Waals surface area contributed by atoms with E-state index in [2.05, 4.69) is 10.3 Å². The van der Waals surface area contributed by atoms with Crippen molar-refractivity contribution in [3.05, 3.63) is 77.0 Å². The van der Waals surface area contributed by atoms with Crippen molar-refractivity contribution in [1.82, 2.24) is 4.98 Å². The fourth-order valence-electron chi connectivity index (χ4n) is 3.45. The standard InChI is InChI=1S/C24H23N3O2S/c1-14(2)27-20-10-9-18(26-22(28)17-8-7-15(3)16(4)12-17)13-21(20)30-23-19(24(27)29)6-5-11-25-23/h5-14H,1-4H3,(H,26,28). The first-order chi connectivity index (χ1) is 14.3. The monoisotopic (exact) mass is 417 g/mol. The maximum Gasteiger partial charge on any atom is 0.261 e. The molecule has 0 aliphatic carbocycles. The molecular weight excluding hydrogens is 394 g/mol. The van der Waals surface area contributed by atoms with Crippen LogP contribution in [0.4, 0.5) is 11.4 Å². The number of fused-ring (bicyclic) bond motifs is 2. The lowest BCUT2D eigenvalue weighted by Gasteiger charge is -2.27. The highest BCUT2D eigenvalue weighted by molar-refractivity contribution is 7.99. The number of pyridine rings is 1. The number of anilines is 2. The highest BCUT2D eigenvalue weighted by Crippen LogP contribution is 2.42. The molecule has 0 spiro atoms. The summed E-state index contributed by atoms with van der Waals surface area (Å²) < 4.78 is 0. The largest absolute Gasteiger partial charge is 0.322 e. The first kappa shape index (κ1) is 20.2. The van der Waals surface area contributed by atoms with E-state index in [4.69, 9.17) is 0 Å². The normalized spacial score (nSPS) is 13.0. The van der Waals surface area contributed by atoms with E-state index in [9.17, 15) is 9.59 Å². The second-order valence-electron chi connectivity index (χ2n) is 7.66. The molecule has 1 aliphatic rings. The third kappa shape index (κ3) is 3.71. The van der Waals surface area contributed by atoms with Gasteiger partial charge in [-0.1, -0.05) is 17.8 Å². The summed E-state index contributed by atoms with van der Waals surface area (Å²) >= 11 is 1.44. The molecule has 2 heterocycles. The Hall–Kier alpha value is -3.12. The molecule has 5 nitrogen and oxygen atoms in total. The van der Waals surface area contributed by atoms with E-state index in [0.717, 1.165) is 21.7 Å². The van der Waals surface area contributed by atoms with Crippen LogP contribution in [0, 0.1) is 13.8 Å². The molecule has 1 N–H and O–H groups in total. The van der Waals surface area contributed by atoms with Gasteiger partial charge in [0.25, 0.3) is 11.8 Å². The molecule has 0 radical (unpaired) electrons. The Bertz CT molecular complexity index is 1160. The average Bonchev–Trinajstić information content (AvgIpc) is 2.83. The molecule has 0 atom stereocenters. The molecule has 152 valence electrons. The van der Waals surface area contributed by atoms with E-state index in [1.807, 2.05) is 64.1 Å². The molecule has 1 aromatic heterocycles. The molecule has 1 aliphatic heterocycles. The Morgan fingerprint density at radius 1 is 1.07 bits per heavy atom. The Morgan fingerprint density at radius 2 is 1.87 bits per heavy atom. The van der Waals surface area contributed by atoms with Crippen molar-refractivity contribution in [1.29, 1.82) is 0 Å². The summed E-state index contributed by atoms with van der Waals surface area (Å²) in [4.78, 5) is 33.0. The minimum absolute atomic E-state index is 0.0148. The van der Waals surface area contributed by atoms with Gasteiger partial charge >= 0.3 is 0 Å². The van der Waals surface area contributed by atoms with Crippen LogP contribution in [0.3, 0.4) is 0 Å². The molecular formula is C24H23N3O2S. The van der Waals surface area contributed by atoms with Gasteiger partial charge in [0.2, 0.25) is 0 Å². The zero-order chi connectivity index (χ0) is 21.4. The van der Waals surface area contributed by atoms with Crippen LogP contribution in [-0.4, -0.2) is 22.8 Å². The van der Waals surface area contributed by atoms with Crippen LogP contribution in [0.5, 0.6) is 0 Å². The maximum atomic E-state index is 13.2. The van der Waals surface area contributed by atoms with Crippen LogP contribution in [0.25, 0.3) is 0 Å². The summed E-state index contributed by atoms with van der Waals surface area (Å²) in [6.45, 7) is 7.99. The smallest absolute Gasteiger partial charge is 0.261 e. The zero-order valence-corrected chi connectivity index (χ0v) is 18.2. The van der Waals surface area contributed by atoms with Crippen molar-refractivity contribution >= 4 is 35.0 Å². The van der Waals surface area contributed by atoms with Gasteiger partial charge in [-0.25, -0.2) is 4.98 Å². The summed E-state index contributed by atoms with van der Waals surface area (Å²) in [6.07, 6.45) is 1.69. The van der Waals surface area contributed by atoms with Crippen LogP contribution in [0.1, 0.15) is 45.7 Å². The van der Waals surface area contributed by atoms with Gasteiger partial charge in [0.1, 0.15) is 5.03 Å². The molecule has 2 aromatic carbocycles. The highest BCUT2D eigenvalue weighted by atomic mass is 32.2. The second kappa shape index (κ2) is 7.95. The van der Waals surface area contributed by atoms with E-state index in [1.165, 1.54) is 11.8 Å². The van der Waals surface area contributed by atoms with Crippen LogP contribution in [0.2, 0.25) is 0 Å². The third-order valence-electron chi connectivity index (χ3n) is 5.19. The number of nitrogens with zero attached hydrogens (tertiary/aromatic N) is 2. The summed E-state index contributed by atoms with van der Waals surface area (Å²) in [5.74, 6) is -0.224. The van der Waals surface area contributed by atoms with Gasteiger partial charge in [0, 0.05) is 28.4 Å². The molecule has 0 bridgehead atoms. The highest BCUT2D eigenvalue weighted by Gasteiger charge is 2.30. The second-order valence-corrected chi connectivity index (χ2v) is 8.69. The van der Waals surface area contributed by atoms with Crippen LogP contribution in [-0.2, 0) is 0 Å². The van der Waals surface area contributed by atoms with Crippen molar-refractivity contribution in [2.45, 2.75) is 43.7 Å². The van der Waals surface area contributed by atoms with Crippen molar-refractivity contribution in [2.75, 3.05) is 10.2 Å². The van der Waals surface area contributed by atoms with Gasteiger partial charge in [-0.2, -0.15) is 0 Å². The Kier molecular flexibility index (Phi) is 5.35. The van der Waals surface area contributed by atoms with Crippen LogP contribution in [0.15, 0.2) is 64.6 Å². The van der Waals surface area contributed by atoms with Gasteiger partial charge < -0.3 is 10.2 Å². The van der Waals surface area contributed by atoms with E-state index in [1.54, 1.807) is 23.2 Å². The Balaban J connectivity index is 1.70. The number of carbonyl (C=O) groups is 2. The summed E-state index contributed by atoms with van der Waals surface area (Å²) in [5.41, 5.74) is 4.94. The van der Waals surface area contributed by atoms with Crippen LogP contribution >= 0.6 is 11.8 Å². The van der Waals surface area contributed by atoms with Crippen molar-refractivity contribution in [2.24, 2.45) is 0 Å². The van der Waals surface area contributed by atoms with Crippen molar-refractivity contribution in [3.63, 3.8) is 0 Å². The van der Waals surface area contributed by atoms with E-state index < -0.39 is 0 Å². The number of aryl methyl sites for hydroxylation is 2. The minimum Gasteiger partial charge on any atom is -0.322 e. The number of hydrogen-bond acceptors (Lipinski definition) is 4. The lowest BCUT2D eigenvalue weighted by Crippen LogP contribution is -2.37. The Labute approximate surface area is 180 Å². The predicted molar refractivity (Wildman–Crippen MR) is 121 cm³/mol. The number of carbonyl (C=O) groups excluding carboxylic acids is 2. The first-order valence-electron chi connectivity index (χ1n) is 9.84. The molecule has 0 saturated heterocycles. The molecule has 30 heavy (non-hydrogen) atoms. The quantitative estimate of drug-likeness (QED) is 0.614. The fourth-order valence-corrected chi connectivity index (χ4v) is 4.49. The van der Waals surface area contributed by atoms with E-state index in [0.29, 0.717) is 21.8 Å². The molecule has 6 heteroatoms. The van der Waals surface area contributed by atoms with E-state index >= 15 is 0 Å². The summed E-state index contributed by atoms with van der Waals surface area (Å²) in [7, 11) is 0. The third-order valence-corrected chi connectivity index (χ3v) is 6.26. The van der Waals surface area contributed by atoms with Crippen LogP contribution < -0.4 is 10.2 Å².